The Balaban J connectivity index is 1.48. The van der Waals surface area contributed by atoms with Crippen molar-refractivity contribution in [2.75, 3.05) is 11.9 Å². The lowest BCUT2D eigenvalue weighted by Gasteiger charge is -2.06. The highest BCUT2D eigenvalue weighted by atomic mass is 32.1. The zero-order valence-corrected chi connectivity index (χ0v) is 17.6. The van der Waals surface area contributed by atoms with E-state index in [0.29, 0.717) is 11.5 Å². The second kappa shape index (κ2) is 9.36. The highest BCUT2D eigenvalue weighted by molar-refractivity contribution is 7.13. The molecule has 0 bridgehead atoms. The number of ether oxygens (including phenoxy) is 1. The largest absolute Gasteiger partial charge is 0.450 e. The van der Waals surface area contributed by atoms with Gasteiger partial charge in [0.05, 0.1) is 10.6 Å². The maximum atomic E-state index is 12.5. The molecule has 0 radical (unpaired) electrons. The number of para-hydroxylation sites is 1. The zero-order valence-electron chi connectivity index (χ0n) is 16.8. The Morgan fingerprint density at radius 2 is 1.90 bits per heavy atom. The van der Waals surface area contributed by atoms with Crippen LogP contribution in [-0.2, 0) is 16.0 Å². The summed E-state index contributed by atoms with van der Waals surface area (Å²) >= 11 is 1.49. The Bertz CT molecular complexity index is 1190. The molecule has 2 aromatic carbocycles. The topological polar surface area (TPSA) is 86.1 Å². The summed E-state index contributed by atoms with van der Waals surface area (Å²) < 4.78 is 6.75. The second-order valence-corrected chi connectivity index (χ2v) is 7.61. The molecule has 2 heterocycles. The number of aryl methyl sites for hydroxylation is 1. The van der Waals surface area contributed by atoms with Gasteiger partial charge in [0.15, 0.2) is 12.4 Å². The molecule has 1 N–H and O–H groups in total. The molecule has 8 heteroatoms. The fraction of sp³-hybridized carbons (Fsp3) is 0.130. The van der Waals surface area contributed by atoms with Crippen molar-refractivity contribution in [2.45, 2.75) is 13.3 Å². The smallest absolute Gasteiger partial charge is 0.378 e. The van der Waals surface area contributed by atoms with E-state index < -0.39 is 18.5 Å². The van der Waals surface area contributed by atoms with Crippen LogP contribution in [-0.4, -0.2) is 33.2 Å². The Hall–Kier alpha value is -3.78. The number of amides is 1. The molecule has 0 aliphatic carbocycles. The molecule has 0 atom stereocenters. The van der Waals surface area contributed by atoms with E-state index >= 15 is 0 Å². The first kappa shape index (κ1) is 20.5. The van der Waals surface area contributed by atoms with Gasteiger partial charge in [-0.15, -0.1) is 16.4 Å². The minimum absolute atomic E-state index is 0.104. The molecule has 0 saturated carbocycles. The Kier molecular flexibility index (Phi) is 6.18. The molecule has 4 aromatic rings. The number of esters is 1. The van der Waals surface area contributed by atoms with Gasteiger partial charge in [-0.3, -0.25) is 4.79 Å². The SMILES string of the molecule is CCc1cccc(NC(=O)COC(=O)c2nc(-c3cccs3)n(-c3ccccc3)n2)c1. The average Bonchev–Trinajstić information content (AvgIpc) is 3.48. The molecule has 4 rings (SSSR count). The number of anilines is 1. The molecule has 7 nitrogen and oxygen atoms in total. The second-order valence-electron chi connectivity index (χ2n) is 6.66. The van der Waals surface area contributed by atoms with Crippen LogP contribution in [0.4, 0.5) is 5.69 Å². The van der Waals surface area contributed by atoms with Crippen molar-refractivity contribution >= 4 is 28.9 Å². The first-order valence-corrected chi connectivity index (χ1v) is 10.6. The molecule has 1 amide bonds. The van der Waals surface area contributed by atoms with Gasteiger partial charge in [0.2, 0.25) is 0 Å². The monoisotopic (exact) mass is 432 g/mol. The van der Waals surface area contributed by atoms with Crippen LogP contribution in [0.25, 0.3) is 16.4 Å². The number of carbonyl (C=O) groups excluding carboxylic acids is 2. The highest BCUT2D eigenvalue weighted by Gasteiger charge is 2.21. The van der Waals surface area contributed by atoms with Gasteiger partial charge in [-0.2, -0.15) is 4.98 Å². The number of nitrogens with zero attached hydrogens (tertiary/aromatic N) is 3. The molecule has 0 fully saturated rings. The lowest BCUT2D eigenvalue weighted by Crippen LogP contribution is -2.21. The van der Waals surface area contributed by atoms with Gasteiger partial charge in [0.1, 0.15) is 0 Å². The Morgan fingerprint density at radius 1 is 1.06 bits per heavy atom. The number of hydrogen-bond acceptors (Lipinski definition) is 6. The Labute approximate surface area is 183 Å². The van der Waals surface area contributed by atoms with E-state index in [9.17, 15) is 9.59 Å². The summed E-state index contributed by atoms with van der Waals surface area (Å²) in [6.07, 6.45) is 0.862. The van der Waals surface area contributed by atoms with Gasteiger partial charge in [0.25, 0.3) is 11.7 Å². The van der Waals surface area contributed by atoms with E-state index in [1.54, 1.807) is 10.7 Å². The molecule has 0 unspecified atom stereocenters. The van der Waals surface area contributed by atoms with Crippen molar-refractivity contribution < 1.29 is 14.3 Å². The fourth-order valence-electron chi connectivity index (χ4n) is 2.97. The molecule has 0 aliphatic heterocycles. The lowest BCUT2D eigenvalue weighted by atomic mass is 10.1. The van der Waals surface area contributed by atoms with Gasteiger partial charge in [0, 0.05) is 5.69 Å². The van der Waals surface area contributed by atoms with Crippen molar-refractivity contribution in [1.82, 2.24) is 14.8 Å². The van der Waals surface area contributed by atoms with Crippen molar-refractivity contribution in [3.63, 3.8) is 0 Å². The van der Waals surface area contributed by atoms with Gasteiger partial charge < -0.3 is 10.1 Å². The van der Waals surface area contributed by atoms with Crippen molar-refractivity contribution in [1.29, 1.82) is 0 Å². The third-order valence-electron chi connectivity index (χ3n) is 4.49. The van der Waals surface area contributed by atoms with Crippen LogP contribution in [0.15, 0.2) is 72.1 Å². The van der Waals surface area contributed by atoms with Gasteiger partial charge in [-0.25, -0.2) is 9.48 Å². The minimum Gasteiger partial charge on any atom is -0.450 e. The summed E-state index contributed by atoms with van der Waals surface area (Å²) in [4.78, 5) is 30.0. The zero-order chi connectivity index (χ0) is 21.6. The third kappa shape index (κ3) is 4.87. The summed E-state index contributed by atoms with van der Waals surface area (Å²) in [6, 6.07) is 20.7. The van der Waals surface area contributed by atoms with Crippen LogP contribution in [0.2, 0.25) is 0 Å². The summed E-state index contributed by atoms with van der Waals surface area (Å²) in [5.74, 6) is -0.755. The molecule has 0 spiro atoms. The van der Waals surface area contributed by atoms with E-state index in [4.69, 9.17) is 4.74 Å². The quantitative estimate of drug-likeness (QED) is 0.439. The number of carbonyl (C=O) groups is 2. The predicted molar refractivity (Wildman–Crippen MR) is 119 cm³/mol. The van der Waals surface area contributed by atoms with E-state index in [1.165, 1.54) is 11.3 Å². The lowest BCUT2D eigenvalue weighted by molar-refractivity contribution is -0.119. The number of aromatic nitrogens is 3. The molecular weight excluding hydrogens is 412 g/mol. The van der Waals surface area contributed by atoms with Crippen LogP contribution in [0.5, 0.6) is 0 Å². The van der Waals surface area contributed by atoms with Gasteiger partial charge in [-0.05, 0) is 47.7 Å². The highest BCUT2D eigenvalue weighted by Crippen LogP contribution is 2.25. The van der Waals surface area contributed by atoms with E-state index in [0.717, 1.165) is 22.5 Å². The summed E-state index contributed by atoms with van der Waals surface area (Å²) in [5, 5.41) is 8.98. The van der Waals surface area contributed by atoms with Crippen molar-refractivity contribution in [2.24, 2.45) is 0 Å². The molecule has 2 aromatic heterocycles. The van der Waals surface area contributed by atoms with Crippen LogP contribution in [0.1, 0.15) is 23.1 Å². The summed E-state index contributed by atoms with van der Waals surface area (Å²) in [6.45, 7) is 1.61. The van der Waals surface area contributed by atoms with Crippen LogP contribution < -0.4 is 5.32 Å². The van der Waals surface area contributed by atoms with E-state index in [2.05, 4.69) is 15.4 Å². The fourth-order valence-corrected chi connectivity index (χ4v) is 3.67. The maximum absolute atomic E-state index is 12.5. The maximum Gasteiger partial charge on any atom is 0.378 e. The van der Waals surface area contributed by atoms with Crippen LogP contribution in [0.3, 0.4) is 0 Å². The van der Waals surface area contributed by atoms with Crippen LogP contribution in [0, 0.1) is 0 Å². The predicted octanol–water partition coefficient (Wildman–Crippen LogP) is 4.35. The molecule has 156 valence electrons. The normalized spacial score (nSPS) is 10.6. The molecular formula is C23H20N4O3S. The summed E-state index contributed by atoms with van der Waals surface area (Å²) in [7, 11) is 0. The first-order chi connectivity index (χ1) is 15.1. The average molecular weight is 433 g/mol. The number of rotatable bonds is 7. The van der Waals surface area contributed by atoms with Gasteiger partial charge >= 0.3 is 5.97 Å². The number of hydrogen-bond donors (Lipinski definition) is 1. The van der Waals surface area contributed by atoms with E-state index in [-0.39, 0.29) is 5.82 Å². The standard InChI is InChI=1S/C23H20N4O3S/c1-2-16-8-6-9-17(14-16)24-20(28)15-30-23(29)21-25-22(19-12-7-13-31-19)27(26-21)18-10-4-3-5-11-18/h3-14H,2,15H2,1H3,(H,24,28). The summed E-state index contributed by atoms with van der Waals surface area (Å²) in [5.41, 5.74) is 2.53. The van der Waals surface area contributed by atoms with Crippen molar-refractivity contribution in [3.8, 4) is 16.4 Å². The first-order valence-electron chi connectivity index (χ1n) is 9.76. The number of thiophene rings is 1. The van der Waals surface area contributed by atoms with Crippen molar-refractivity contribution in [3.05, 3.63) is 83.5 Å². The molecule has 0 saturated heterocycles. The van der Waals surface area contributed by atoms with E-state index in [1.807, 2.05) is 73.0 Å². The number of nitrogens with one attached hydrogen (secondary N) is 1. The Morgan fingerprint density at radius 3 is 2.65 bits per heavy atom. The molecule has 31 heavy (non-hydrogen) atoms. The minimum atomic E-state index is -0.759. The van der Waals surface area contributed by atoms with Crippen LogP contribution >= 0.6 is 11.3 Å². The number of benzene rings is 2. The van der Waals surface area contributed by atoms with Gasteiger partial charge in [-0.1, -0.05) is 43.3 Å². The third-order valence-corrected chi connectivity index (χ3v) is 5.35. The molecule has 0 aliphatic rings.